The summed E-state index contributed by atoms with van der Waals surface area (Å²) in [4.78, 5) is 15.1. The van der Waals surface area contributed by atoms with Crippen molar-refractivity contribution in [2.24, 2.45) is 0 Å². The fourth-order valence-electron chi connectivity index (χ4n) is 1.81. The molecule has 0 aliphatic rings. The van der Waals surface area contributed by atoms with Crippen LogP contribution in [0.4, 0.5) is 0 Å². The third-order valence-electron chi connectivity index (χ3n) is 2.67. The average Bonchev–Trinajstić information content (AvgIpc) is 2.77. The Balaban J connectivity index is 2.36. The highest BCUT2D eigenvalue weighted by Crippen LogP contribution is 2.16. The van der Waals surface area contributed by atoms with Crippen molar-refractivity contribution in [3.05, 3.63) is 34.7 Å². The number of hydrogen-bond donors (Lipinski definition) is 1. The molecule has 17 heavy (non-hydrogen) atoms. The van der Waals surface area contributed by atoms with Gasteiger partial charge in [-0.2, -0.15) is 4.98 Å². The standard InChI is InChI=1S/C11H13N3O3/c1-6-4-9(11(15)16)7(2)14(6)5-10-12-8(3)17-13-10/h4H,5H2,1-3H3,(H,15,16). The van der Waals surface area contributed by atoms with Gasteiger partial charge >= 0.3 is 5.97 Å². The van der Waals surface area contributed by atoms with Gasteiger partial charge in [0, 0.05) is 18.3 Å². The molecule has 0 amide bonds. The number of nitrogens with zero attached hydrogens (tertiary/aromatic N) is 3. The summed E-state index contributed by atoms with van der Waals surface area (Å²) in [6.45, 7) is 5.76. The van der Waals surface area contributed by atoms with Gasteiger partial charge in [0.1, 0.15) is 0 Å². The molecule has 0 saturated heterocycles. The van der Waals surface area contributed by atoms with Crippen LogP contribution in [0, 0.1) is 20.8 Å². The number of carboxylic acid groups (broad SMARTS) is 1. The molecule has 0 unspecified atom stereocenters. The monoisotopic (exact) mass is 235 g/mol. The molecule has 0 fully saturated rings. The van der Waals surface area contributed by atoms with Gasteiger partial charge in [-0.15, -0.1) is 0 Å². The number of rotatable bonds is 3. The summed E-state index contributed by atoms with van der Waals surface area (Å²) in [7, 11) is 0. The van der Waals surface area contributed by atoms with E-state index in [0.29, 0.717) is 29.5 Å². The van der Waals surface area contributed by atoms with E-state index in [2.05, 4.69) is 10.1 Å². The number of carbonyl (C=O) groups is 1. The number of hydrogen-bond acceptors (Lipinski definition) is 4. The van der Waals surface area contributed by atoms with Crippen LogP contribution in [0.15, 0.2) is 10.6 Å². The van der Waals surface area contributed by atoms with Crippen LogP contribution in [0.3, 0.4) is 0 Å². The highest BCUT2D eigenvalue weighted by atomic mass is 16.5. The smallest absolute Gasteiger partial charge is 0.337 e. The Morgan fingerprint density at radius 1 is 1.47 bits per heavy atom. The quantitative estimate of drug-likeness (QED) is 0.872. The fourth-order valence-corrected chi connectivity index (χ4v) is 1.81. The molecule has 2 rings (SSSR count). The van der Waals surface area contributed by atoms with Crippen LogP contribution in [-0.4, -0.2) is 25.8 Å². The largest absolute Gasteiger partial charge is 0.478 e. The van der Waals surface area contributed by atoms with Crippen molar-refractivity contribution in [2.75, 3.05) is 0 Å². The van der Waals surface area contributed by atoms with Gasteiger partial charge in [0.2, 0.25) is 5.89 Å². The van der Waals surface area contributed by atoms with Crippen LogP contribution in [0.5, 0.6) is 0 Å². The molecule has 2 aromatic rings. The first-order chi connectivity index (χ1) is 7.99. The molecule has 0 atom stereocenters. The van der Waals surface area contributed by atoms with Crippen molar-refractivity contribution < 1.29 is 14.4 Å². The van der Waals surface area contributed by atoms with Gasteiger partial charge < -0.3 is 14.2 Å². The van der Waals surface area contributed by atoms with Gasteiger partial charge in [-0.05, 0) is 19.9 Å². The molecular formula is C11H13N3O3. The number of aromatic nitrogens is 3. The highest BCUT2D eigenvalue weighted by Gasteiger charge is 2.15. The Labute approximate surface area is 97.9 Å². The van der Waals surface area contributed by atoms with Crippen LogP contribution in [-0.2, 0) is 6.54 Å². The van der Waals surface area contributed by atoms with Gasteiger partial charge in [-0.25, -0.2) is 4.79 Å². The Hall–Kier alpha value is -2.11. The molecule has 6 heteroatoms. The van der Waals surface area contributed by atoms with Crippen LogP contribution in [0.25, 0.3) is 0 Å². The Morgan fingerprint density at radius 3 is 2.65 bits per heavy atom. The fraction of sp³-hybridized carbons (Fsp3) is 0.364. The van der Waals surface area contributed by atoms with Gasteiger partial charge in [-0.1, -0.05) is 5.16 Å². The van der Waals surface area contributed by atoms with Gasteiger partial charge in [0.05, 0.1) is 12.1 Å². The second-order valence-electron chi connectivity index (χ2n) is 3.91. The first kappa shape index (κ1) is 11.4. The zero-order valence-corrected chi connectivity index (χ0v) is 9.89. The van der Waals surface area contributed by atoms with Crippen molar-refractivity contribution in [3.63, 3.8) is 0 Å². The molecule has 0 radical (unpaired) electrons. The zero-order valence-electron chi connectivity index (χ0n) is 9.89. The third kappa shape index (κ3) is 2.06. The summed E-state index contributed by atoms with van der Waals surface area (Å²) in [5, 5.41) is 12.8. The molecule has 2 aromatic heterocycles. The molecule has 0 aromatic carbocycles. The van der Waals surface area contributed by atoms with E-state index in [-0.39, 0.29) is 0 Å². The summed E-state index contributed by atoms with van der Waals surface area (Å²) in [6.07, 6.45) is 0. The van der Waals surface area contributed by atoms with E-state index in [1.165, 1.54) is 0 Å². The summed E-state index contributed by atoms with van der Waals surface area (Å²) in [6, 6.07) is 1.64. The molecule has 90 valence electrons. The van der Waals surface area contributed by atoms with Gasteiger partial charge in [0.15, 0.2) is 5.82 Å². The summed E-state index contributed by atoms with van der Waals surface area (Å²) in [5.41, 5.74) is 1.86. The maximum atomic E-state index is 11.0. The predicted molar refractivity (Wildman–Crippen MR) is 59.0 cm³/mol. The summed E-state index contributed by atoms with van der Waals surface area (Å²) in [5.74, 6) is 0.121. The number of aryl methyl sites for hydroxylation is 2. The van der Waals surface area contributed by atoms with E-state index < -0.39 is 5.97 Å². The maximum Gasteiger partial charge on any atom is 0.337 e. The molecule has 2 heterocycles. The maximum absolute atomic E-state index is 11.0. The minimum atomic E-state index is -0.923. The van der Waals surface area contributed by atoms with Crippen molar-refractivity contribution in [2.45, 2.75) is 27.3 Å². The molecule has 0 saturated carbocycles. The van der Waals surface area contributed by atoms with Gasteiger partial charge in [0.25, 0.3) is 0 Å². The van der Waals surface area contributed by atoms with Crippen LogP contribution >= 0.6 is 0 Å². The lowest BCUT2D eigenvalue weighted by Crippen LogP contribution is -2.07. The lowest BCUT2D eigenvalue weighted by atomic mass is 10.2. The Morgan fingerprint density at radius 2 is 2.18 bits per heavy atom. The Kier molecular flexibility index (Phi) is 2.71. The molecule has 0 aliphatic heterocycles. The SMILES string of the molecule is Cc1nc(Cn2c(C)cc(C(=O)O)c2C)no1. The second-order valence-corrected chi connectivity index (χ2v) is 3.91. The highest BCUT2D eigenvalue weighted by molar-refractivity contribution is 5.89. The van der Waals surface area contributed by atoms with Crippen molar-refractivity contribution >= 4 is 5.97 Å². The zero-order chi connectivity index (χ0) is 12.6. The minimum Gasteiger partial charge on any atom is -0.478 e. The van der Waals surface area contributed by atoms with E-state index in [0.717, 1.165) is 5.69 Å². The van der Waals surface area contributed by atoms with Crippen LogP contribution < -0.4 is 0 Å². The lowest BCUT2D eigenvalue weighted by molar-refractivity contribution is 0.0696. The van der Waals surface area contributed by atoms with E-state index >= 15 is 0 Å². The third-order valence-corrected chi connectivity index (χ3v) is 2.67. The van der Waals surface area contributed by atoms with E-state index in [4.69, 9.17) is 9.63 Å². The van der Waals surface area contributed by atoms with E-state index in [1.807, 2.05) is 11.5 Å². The summed E-state index contributed by atoms with van der Waals surface area (Å²) < 4.78 is 6.73. The molecule has 0 spiro atoms. The van der Waals surface area contributed by atoms with Crippen molar-refractivity contribution in [1.29, 1.82) is 0 Å². The topological polar surface area (TPSA) is 81.2 Å². The Bertz CT molecular complexity index is 569. The first-order valence-corrected chi connectivity index (χ1v) is 5.18. The normalized spacial score (nSPS) is 10.8. The number of aromatic carboxylic acids is 1. The predicted octanol–water partition coefficient (Wildman–Crippen LogP) is 1.54. The molecule has 0 aliphatic carbocycles. The average molecular weight is 235 g/mol. The van der Waals surface area contributed by atoms with Crippen molar-refractivity contribution in [1.82, 2.24) is 14.7 Å². The summed E-state index contributed by atoms with van der Waals surface area (Å²) >= 11 is 0. The van der Waals surface area contributed by atoms with Crippen molar-refractivity contribution in [3.8, 4) is 0 Å². The first-order valence-electron chi connectivity index (χ1n) is 5.18. The minimum absolute atomic E-state index is 0.308. The second kappa shape index (κ2) is 4.04. The molecular weight excluding hydrogens is 222 g/mol. The molecule has 1 N–H and O–H groups in total. The van der Waals surface area contributed by atoms with E-state index in [1.54, 1.807) is 19.9 Å². The lowest BCUT2D eigenvalue weighted by Gasteiger charge is -2.05. The van der Waals surface area contributed by atoms with E-state index in [9.17, 15) is 4.79 Å². The van der Waals surface area contributed by atoms with Gasteiger partial charge in [-0.3, -0.25) is 0 Å². The van der Waals surface area contributed by atoms with Crippen LogP contribution in [0.2, 0.25) is 0 Å². The molecule has 6 nitrogen and oxygen atoms in total. The molecule has 0 bridgehead atoms. The van der Waals surface area contributed by atoms with Crippen LogP contribution in [0.1, 0.15) is 33.5 Å². The number of carboxylic acids is 1.